The van der Waals surface area contributed by atoms with Gasteiger partial charge in [-0.2, -0.15) is 0 Å². The third-order valence-corrected chi connectivity index (χ3v) is 9.54. The van der Waals surface area contributed by atoms with E-state index < -0.39 is 35.7 Å². The van der Waals surface area contributed by atoms with Crippen LogP contribution in [0.1, 0.15) is 41.9 Å². The van der Waals surface area contributed by atoms with Crippen molar-refractivity contribution in [1.82, 2.24) is 20.4 Å². The molecular weight excluding hydrogens is 588 g/mol. The number of nitrogens with one attached hydrogen (secondary N) is 2. The summed E-state index contributed by atoms with van der Waals surface area (Å²) < 4.78 is 28.9. The molecule has 3 aromatic rings. The number of carboxylic acid groups (broad SMARTS) is 1. The molecule has 3 heterocycles. The fourth-order valence-corrected chi connectivity index (χ4v) is 7.04. The molecule has 2 unspecified atom stereocenters. The van der Waals surface area contributed by atoms with Crippen LogP contribution in [0.2, 0.25) is 0 Å². The summed E-state index contributed by atoms with van der Waals surface area (Å²) in [6.45, 7) is 3.64. The summed E-state index contributed by atoms with van der Waals surface area (Å²) in [4.78, 5) is 31.8. The van der Waals surface area contributed by atoms with E-state index in [1.807, 2.05) is 41.4 Å². The van der Waals surface area contributed by atoms with E-state index in [4.69, 9.17) is 0 Å². The van der Waals surface area contributed by atoms with Crippen molar-refractivity contribution < 1.29 is 23.5 Å². The van der Waals surface area contributed by atoms with Crippen molar-refractivity contribution in [1.29, 1.82) is 0 Å². The number of halogens is 2. The van der Waals surface area contributed by atoms with Crippen LogP contribution in [-0.2, 0) is 22.6 Å². The molecule has 0 spiro atoms. The summed E-state index contributed by atoms with van der Waals surface area (Å²) >= 11 is 0. The summed E-state index contributed by atoms with van der Waals surface area (Å²) in [7, 11) is 0. The maximum absolute atomic E-state index is 15.0. The molecule has 2 saturated heterocycles. The maximum Gasteiger partial charge on any atom is 0.306 e. The number of carbonyl (C=O) groups is 2. The minimum atomic E-state index is -0.734. The average Bonchev–Trinajstić information content (AvgIpc) is 3.68. The highest BCUT2D eigenvalue weighted by Crippen LogP contribution is 2.35. The van der Waals surface area contributed by atoms with Gasteiger partial charge >= 0.3 is 5.97 Å². The molecular formula is C36H41F2N5O3. The van der Waals surface area contributed by atoms with E-state index in [1.165, 1.54) is 17.7 Å². The molecule has 3 aromatic carbocycles. The zero-order valence-corrected chi connectivity index (χ0v) is 25.8. The van der Waals surface area contributed by atoms with Crippen molar-refractivity contribution in [2.24, 2.45) is 11.8 Å². The lowest BCUT2D eigenvalue weighted by molar-refractivity contribution is -0.142. The molecule has 8 nitrogen and oxygen atoms in total. The van der Waals surface area contributed by atoms with Gasteiger partial charge in [0.15, 0.2) is 6.29 Å². The van der Waals surface area contributed by atoms with Crippen molar-refractivity contribution in [3.05, 3.63) is 114 Å². The molecule has 3 N–H and O–H groups in total. The molecule has 3 aliphatic heterocycles. The van der Waals surface area contributed by atoms with Crippen LogP contribution in [0.4, 0.5) is 14.5 Å². The van der Waals surface area contributed by atoms with Crippen LogP contribution in [0.15, 0.2) is 85.2 Å². The summed E-state index contributed by atoms with van der Waals surface area (Å²) in [6, 6.07) is 22.0. The average molecular weight is 630 g/mol. The number of piperidine rings is 1. The van der Waals surface area contributed by atoms with Crippen LogP contribution >= 0.6 is 0 Å². The Balaban J connectivity index is 1.12. The first-order chi connectivity index (χ1) is 22.4. The van der Waals surface area contributed by atoms with E-state index in [-0.39, 0.29) is 11.8 Å². The monoisotopic (exact) mass is 629 g/mol. The van der Waals surface area contributed by atoms with Gasteiger partial charge < -0.3 is 30.4 Å². The number of carboxylic acids is 1. The van der Waals surface area contributed by atoms with E-state index in [0.29, 0.717) is 51.1 Å². The molecule has 0 radical (unpaired) electrons. The van der Waals surface area contributed by atoms with Gasteiger partial charge in [-0.25, -0.2) is 8.78 Å². The zero-order valence-electron chi connectivity index (χ0n) is 25.8. The van der Waals surface area contributed by atoms with Gasteiger partial charge in [0, 0.05) is 62.8 Å². The lowest BCUT2D eigenvalue weighted by Gasteiger charge is -2.34. The van der Waals surface area contributed by atoms with Gasteiger partial charge in [0.25, 0.3) is 0 Å². The smallest absolute Gasteiger partial charge is 0.306 e. The predicted octanol–water partition coefficient (Wildman–Crippen LogP) is 4.89. The molecule has 6 rings (SSSR count). The van der Waals surface area contributed by atoms with Crippen LogP contribution in [0, 0.1) is 23.5 Å². The molecule has 0 bridgehead atoms. The number of hydrogen-bond acceptors (Lipinski definition) is 6. The third-order valence-electron chi connectivity index (χ3n) is 9.54. The van der Waals surface area contributed by atoms with E-state index in [1.54, 1.807) is 6.20 Å². The van der Waals surface area contributed by atoms with Gasteiger partial charge in [-0.05, 0) is 61.1 Å². The molecule has 46 heavy (non-hydrogen) atoms. The number of hydrogen-bond donors (Lipinski definition) is 3. The van der Waals surface area contributed by atoms with Gasteiger partial charge in [0.2, 0.25) is 5.91 Å². The number of aryl methyl sites for hydroxylation is 1. The fraction of sp³-hybridized carbons (Fsp3) is 0.389. The molecule has 242 valence electrons. The number of amides is 1. The first kappa shape index (κ1) is 31.5. The topological polar surface area (TPSA) is 88.1 Å². The van der Waals surface area contributed by atoms with Crippen molar-refractivity contribution in [3.8, 4) is 0 Å². The predicted molar refractivity (Wildman–Crippen MR) is 173 cm³/mol. The second-order valence-corrected chi connectivity index (χ2v) is 12.5. The maximum atomic E-state index is 15.0. The number of likely N-dealkylation sites (tertiary alicyclic amines) is 1. The highest BCUT2D eigenvalue weighted by molar-refractivity contribution is 5.81. The molecule has 3 atom stereocenters. The van der Waals surface area contributed by atoms with Crippen LogP contribution in [0.5, 0.6) is 0 Å². The second-order valence-electron chi connectivity index (χ2n) is 12.5. The molecule has 10 heteroatoms. The summed E-state index contributed by atoms with van der Waals surface area (Å²) in [6.07, 6.45) is 6.24. The Hall–Kier alpha value is -4.44. The van der Waals surface area contributed by atoms with Crippen molar-refractivity contribution >= 4 is 17.6 Å². The molecule has 2 fully saturated rings. The lowest BCUT2D eigenvalue weighted by Crippen LogP contribution is -2.52. The van der Waals surface area contributed by atoms with E-state index >= 15 is 4.39 Å². The van der Waals surface area contributed by atoms with Crippen LogP contribution in [0.3, 0.4) is 0 Å². The Bertz CT molecular complexity index is 1550. The number of anilines is 1. The first-order valence-corrected chi connectivity index (χ1v) is 16.1. The van der Waals surface area contributed by atoms with Crippen LogP contribution < -0.4 is 15.5 Å². The highest BCUT2D eigenvalue weighted by atomic mass is 19.1. The van der Waals surface area contributed by atoms with Gasteiger partial charge in [-0.15, -0.1) is 0 Å². The lowest BCUT2D eigenvalue weighted by atomic mass is 9.88. The van der Waals surface area contributed by atoms with Crippen LogP contribution in [0.25, 0.3) is 0 Å². The van der Waals surface area contributed by atoms with E-state index in [9.17, 15) is 19.1 Å². The summed E-state index contributed by atoms with van der Waals surface area (Å²) in [5, 5.41) is 15.8. The summed E-state index contributed by atoms with van der Waals surface area (Å²) in [5.74, 6) is -3.41. The minimum Gasteiger partial charge on any atom is -0.481 e. The molecule has 0 saturated carbocycles. The van der Waals surface area contributed by atoms with Gasteiger partial charge in [0.1, 0.15) is 11.6 Å². The number of rotatable bonds is 11. The number of nitrogens with zero attached hydrogens (tertiary/aromatic N) is 3. The Morgan fingerprint density at radius 2 is 1.72 bits per heavy atom. The molecule has 0 aromatic heterocycles. The molecule has 0 aliphatic carbocycles. The van der Waals surface area contributed by atoms with Gasteiger partial charge in [-0.3, -0.25) is 9.59 Å². The highest BCUT2D eigenvalue weighted by Gasteiger charge is 2.40. The quantitative estimate of drug-likeness (QED) is 0.279. The number of benzene rings is 3. The normalized spacial score (nSPS) is 21.8. The molecule has 1 amide bonds. The fourth-order valence-electron chi connectivity index (χ4n) is 7.04. The largest absolute Gasteiger partial charge is 0.481 e. The standard InChI is InChI=1S/C36H41F2N5O3/c37-28-12-13-29(32(38)21-28)30-23-41(17-6-9-25-7-2-1-3-8-25)24-31(30)34(44)40-36-39-16-20-43(36)22-27-10-4-5-11-33(27)42-18-14-26(15-19-42)35(45)46/h1-5,7-8,10-13,16,20-21,26,30-31,36,39H,6,9,14-15,17-19,22-24H2,(H,40,44)(H,45,46)/t30-,31?,36?/m0/s1. The van der Waals surface area contributed by atoms with Crippen molar-refractivity contribution in [2.45, 2.75) is 44.4 Å². The minimum absolute atomic E-state index is 0.186. The second kappa shape index (κ2) is 14.3. The first-order valence-electron chi connectivity index (χ1n) is 16.1. The zero-order chi connectivity index (χ0) is 32.0. The Labute approximate surface area is 268 Å². The molecule has 3 aliphatic rings. The van der Waals surface area contributed by atoms with Crippen molar-refractivity contribution in [3.63, 3.8) is 0 Å². The number of para-hydroxylation sites is 1. The van der Waals surface area contributed by atoms with E-state index in [2.05, 4.69) is 44.7 Å². The van der Waals surface area contributed by atoms with Gasteiger partial charge in [-0.1, -0.05) is 54.6 Å². The Morgan fingerprint density at radius 3 is 2.48 bits per heavy atom. The van der Waals surface area contributed by atoms with Gasteiger partial charge in [0.05, 0.1) is 11.8 Å². The number of carbonyl (C=O) groups excluding carboxylic acids is 1. The third kappa shape index (κ3) is 7.33. The SMILES string of the molecule is O=C(O)C1CCN(c2ccccc2CN2C=CNC2NC(=O)C2CN(CCCc3ccccc3)C[C@H]2c2ccc(F)cc2F)CC1. The van der Waals surface area contributed by atoms with Crippen LogP contribution in [-0.4, -0.2) is 65.8 Å². The Kier molecular flexibility index (Phi) is 9.82. The van der Waals surface area contributed by atoms with E-state index in [0.717, 1.165) is 36.7 Å². The van der Waals surface area contributed by atoms with Crippen molar-refractivity contribution in [2.75, 3.05) is 37.6 Å². The number of aliphatic carboxylic acids is 1. The Morgan fingerprint density at radius 1 is 0.957 bits per heavy atom. The summed E-state index contributed by atoms with van der Waals surface area (Å²) in [5.41, 5.74) is 3.75.